The maximum Gasteiger partial charge on any atom is 0.0213 e. The summed E-state index contributed by atoms with van der Waals surface area (Å²) in [6.07, 6.45) is 5.87. The van der Waals surface area contributed by atoms with Crippen molar-refractivity contribution in [3.63, 3.8) is 0 Å². The molecule has 0 aromatic carbocycles. The molecule has 0 radical (unpaired) electrons. The lowest BCUT2D eigenvalue weighted by Crippen LogP contribution is -2.68. The standard InChI is InChI=1S/C9H16N2/c1-2-9(3-1)11-5-7-4-8(6-11)10-7/h7-10H,1-6H2. The molecular formula is C9H16N2. The normalized spacial score (nSPS) is 44.7. The minimum Gasteiger partial charge on any atom is -0.309 e. The van der Waals surface area contributed by atoms with E-state index in [1.165, 1.54) is 38.8 Å². The third kappa shape index (κ3) is 0.926. The summed E-state index contributed by atoms with van der Waals surface area (Å²) in [5, 5.41) is 3.57. The zero-order valence-corrected chi connectivity index (χ0v) is 6.92. The fourth-order valence-electron chi connectivity index (χ4n) is 2.60. The van der Waals surface area contributed by atoms with Gasteiger partial charge in [0.05, 0.1) is 0 Å². The Morgan fingerprint density at radius 2 is 1.73 bits per heavy atom. The lowest BCUT2D eigenvalue weighted by Gasteiger charge is -2.52. The van der Waals surface area contributed by atoms with E-state index in [0.717, 1.165) is 18.1 Å². The van der Waals surface area contributed by atoms with Crippen molar-refractivity contribution in [3.8, 4) is 0 Å². The lowest BCUT2D eigenvalue weighted by molar-refractivity contribution is 0.0188. The van der Waals surface area contributed by atoms with Crippen molar-refractivity contribution in [2.75, 3.05) is 13.1 Å². The Kier molecular flexibility index (Phi) is 1.29. The van der Waals surface area contributed by atoms with Crippen LogP contribution >= 0.6 is 0 Å². The molecule has 2 heteroatoms. The molecule has 1 aliphatic carbocycles. The Hall–Kier alpha value is -0.0800. The molecule has 2 bridgehead atoms. The third-order valence-corrected chi connectivity index (χ3v) is 3.54. The van der Waals surface area contributed by atoms with E-state index in [9.17, 15) is 0 Å². The smallest absolute Gasteiger partial charge is 0.0213 e. The molecule has 0 aromatic heterocycles. The first-order valence-corrected chi connectivity index (χ1v) is 4.92. The van der Waals surface area contributed by atoms with Crippen LogP contribution in [0.4, 0.5) is 0 Å². The van der Waals surface area contributed by atoms with Gasteiger partial charge in [-0.15, -0.1) is 0 Å². The molecule has 2 unspecified atom stereocenters. The van der Waals surface area contributed by atoms with E-state index in [2.05, 4.69) is 10.2 Å². The third-order valence-electron chi connectivity index (χ3n) is 3.54. The number of rotatable bonds is 1. The monoisotopic (exact) mass is 152 g/mol. The molecule has 4 fully saturated rings. The van der Waals surface area contributed by atoms with Gasteiger partial charge in [0.25, 0.3) is 0 Å². The van der Waals surface area contributed by atoms with E-state index in [1.54, 1.807) is 0 Å². The molecule has 2 atom stereocenters. The number of hydrogen-bond acceptors (Lipinski definition) is 2. The summed E-state index contributed by atoms with van der Waals surface area (Å²) in [5.41, 5.74) is 0. The van der Waals surface area contributed by atoms with Gasteiger partial charge >= 0.3 is 0 Å². The van der Waals surface area contributed by atoms with E-state index in [-0.39, 0.29) is 0 Å². The van der Waals surface area contributed by atoms with Gasteiger partial charge in [-0.3, -0.25) is 4.90 Å². The molecule has 1 N–H and O–H groups in total. The second-order valence-electron chi connectivity index (χ2n) is 4.33. The molecule has 4 aliphatic rings. The maximum absolute atomic E-state index is 3.57. The summed E-state index contributed by atoms with van der Waals surface area (Å²) >= 11 is 0. The fourth-order valence-corrected chi connectivity index (χ4v) is 2.60. The lowest BCUT2D eigenvalue weighted by atomic mass is 9.85. The number of fused-ring (bicyclic) bond motifs is 2. The first-order chi connectivity index (χ1) is 5.42. The quantitative estimate of drug-likeness (QED) is 0.591. The highest BCUT2D eigenvalue weighted by Gasteiger charge is 2.39. The minimum atomic E-state index is 0.856. The Balaban J connectivity index is 1.62. The van der Waals surface area contributed by atoms with Crippen LogP contribution in [0.15, 0.2) is 0 Å². The summed E-state index contributed by atoms with van der Waals surface area (Å²) in [6.45, 7) is 2.67. The van der Waals surface area contributed by atoms with E-state index >= 15 is 0 Å². The van der Waals surface area contributed by atoms with Gasteiger partial charge in [-0.1, -0.05) is 6.42 Å². The number of piperazine rings is 1. The minimum absolute atomic E-state index is 0.856. The highest BCUT2D eigenvalue weighted by atomic mass is 15.3. The van der Waals surface area contributed by atoms with Gasteiger partial charge in [-0.25, -0.2) is 0 Å². The molecule has 11 heavy (non-hydrogen) atoms. The molecule has 3 aliphatic heterocycles. The molecule has 3 heterocycles. The van der Waals surface area contributed by atoms with Crippen molar-refractivity contribution in [2.24, 2.45) is 0 Å². The van der Waals surface area contributed by atoms with Crippen LogP contribution in [-0.4, -0.2) is 36.1 Å². The van der Waals surface area contributed by atoms with Crippen LogP contribution in [0.25, 0.3) is 0 Å². The number of nitrogens with one attached hydrogen (secondary N) is 1. The Morgan fingerprint density at radius 1 is 1.09 bits per heavy atom. The molecule has 0 spiro atoms. The Labute approximate surface area is 68.0 Å². The van der Waals surface area contributed by atoms with Gasteiger partial charge in [0, 0.05) is 31.2 Å². The molecule has 0 amide bonds. The Bertz CT molecular complexity index is 149. The summed E-state index contributed by atoms with van der Waals surface area (Å²) in [4.78, 5) is 2.71. The van der Waals surface area contributed by atoms with Gasteiger partial charge in [-0.2, -0.15) is 0 Å². The van der Waals surface area contributed by atoms with Crippen LogP contribution < -0.4 is 5.32 Å². The van der Waals surface area contributed by atoms with Crippen molar-refractivity contribution in [1.82, 2.24) is 10.2 Å². The van der Waals surface area contributed by atoms with Gasteiger partial charge in [0.1, 0.15) is 0 Å². The van der Waals surface area contributed by atoms with Gasteiger partial charge in [0.15, 0.2) is 0 Å². The van der Waals surface area contributed by atoms with Crippen molar-refractivity contribution in [2.45, 2.75) is 43.8 Å². The number of hydrogen-bond donors (Lipinski definition) is 1. The molecule has 0 aromatic rings. The highest BCUT2D eigenvalue weighted by molar-refractivity contribution is 5.00. The van der Waals surface area contributed by atoms with Crippen LogP contribution in [0.5, 0.6) is 0 Å². The first-order valence-electron chi connectivity index (χ1n) is 4.92. The topological polar surface area (TPSA) is 15.3 Å². The number of piperidine rings is 1. The largest absolute Gasteiger partial charge is 0.309 e. The van der Waals surface area contributed by atoms with Gasteiger partial charge in [0.2, 0.25) is 0 Å². The van der Waals surface area contributed by atoms with Crippen LogP contribution in [0, 0.1) is 0 Å². The van der Waals surface area contributed by atoms with Crippen LogP contribution in [0.1, 0.15) is 25.7 Å². The average Bonchev–Trinajstić information content (AvgIpc) is 1.81. The van der Waals surface area contributed by atoms with Crippen molar-refractivity contribution < 1.29 is 0 Å². The molecule has 2 nitrogen and oxygen atoms in total. The van der Waals surface area contributed by atoms with E-state index in [0.29, 0.717) is 0 Å². The molecular weight excluding hydrogens is 136 g/mol. The SMILES string of the molecule is C1CC(N2CC3CC(C2)N3)C1. The van der Waals surface area contributed by atoms with Crippen LogP contribution in [0.2, 0.25) is 0 Å². The molecule has 4 rings (SSSR count). The second-order valence-corrected chi connectivity index (χ2v) is 4.33. The Morgan fingerprint density at radius 3 is 2.18 bits per heavy atom. The zero-order chi connectivity index (χ0) is 7.26. The molecule has 1 saturated carbocycles. The predicted octanol–water partition coefficient (Wildman–Crippen LogP) is 0.585. The van der Waals surface area contributed by atoms with Crippen LogP contribution in [-0.2, 0) is 0 Å². The van der Waals surface area contributed by atoms with Gasteiger partial charge in [-0.05, 0) is 19.3 Å². The summed E-state index contributed by atoms with van der Waals surface area (Å²) < 4.78 is 0. The first kappa shape index (κ1) is 6.44. The van der Waals surface area contributed by atoms with E-state index in [1.807, 2.05) is 0 Å². The van der Waals surface area contributed by atoms with E-state index in [4.69, 9.17) is 0 Å². The van der Waals surface area contributed by atoms with Crippen molar-refractivity contribution in [3.05, 3.63) is 0 Å². The van der Waals surface area contributed by atoms with Crippen LogP contribution in [0.3, 0.4) is 0 Å². The molecule has 62 valence electrons. The van der Waals surface area contributed by atoms with Crippen molar-refractivity contribution in [1.29, 1.82) is 0 Å². The summed E-state index contributed by atoms with van der Waals surface area (Å²) in [7, 11) is 0. The predicted molar refractivity (Wildman–Crippen MR) is 44.5 cm³/mol. The fraction of sp³-hybridized carbons (Fsp3) is 1.00. The van der Waals surface area contributed by atoms with Gasteiger partial charge < -0.3 is 5.32 Å². The second kappa shape index (κ2) is 2.20. The number of nitrogens with zero attached hydrogens (tertiary/aromatic N) is 1. The maximum atomic E-state index is 3.57. The van der Waals surface area contributed by atoms with Crippen molar-refractivity contribution >= 4 is 0 Å². The van der Waals surface area contributed by atoms with E-state index < -0.39 is 0 Å². The zero-order valence-electron chi connectivity index (χ0n) is 6.92. The summed E-state index contributed by atoms with van der Waals surface area (Å²) in [6, 6.07) is 2.69. The molecule has 3 saturated heterocycles. The summed E-state index contributed by atoms with van der Waals surface area (Å²) in [5.74, 6) is 0. The highest BCUT2D eigenvalue weighted by Crippen LogP contribution is 2.30. The average molecular weight is 152 g/mol.